The van der Waals surface area contributed by atoms with E-state index in [9.17, 15) is 4.79 Å². The molecule has 4 heteroatoms. The van der Waals surface area contributed by atoms with Crippen molar-refractivity contribution in [2.75, 3.05) is 0 Å². The molecule has 0 N–H and O–H groups in total. The van der Waals surface area contributed by atoms with Gasteiger partial charge in [-0.3, -0.25) is 4.79 Å². The summed E-state index contributed by atoms with van der Waals surface area (Å²) in [6.45, 7) is 0. The minimum Gasteiger partial charge on any atom is -0.294 e. The molecular weight excluding hydrogens is 328 g/mol. The molecule has 1 heterocycles. The molecule has 0 radical (unpaired) electrons. The molecule has 0 spiro atoms. The number of benzene rings is 2. The molecule has 21 heavy (non-hydrogen) atoms. The molecule has 0 amide bonds. The third-order valence-electron chi connectivity index (χ3n) is 3.20. The number of nitrogens with zero attached hydrogens (tertiary/aromatic N) is 2. The molecule has 3 rings (SSSR count). The predicted octanol–water partition coefficient (Wildman–Crippen LogP) is 4.06. The van der Waals surface area contributed by atoms with Crippen molar-refractivity contribution in [2.24, 2.45) is 0 Å². The summed E-state index contributed by atoms with van der Waals surface area (Å²) in [4.78, 5) is 12.3. The summed E-state index contributed by atoms with van der Waals surface area (Å²) >= 11 is 3.39. The highest BCUT2D eigenvalue weighted by Gasteiger charge is 2.10. The molecule has 0 atom stereocenters. The van der Waals surface area contributed by atoms with Crippen LogP contribution in [0.1, 0.15) is 15.9 Å². The Morgan fingerprint density at radius 1 is 1.05 bits per heavy atom. The maximum Gasteiger partial charge on any atom is 0.170 e. The van der Waals surface area contributed by atoms with Crippen LogP contribution in [-0.2, 0) is 6.42 Å². The van der Waals surface area contributed by atoms with Crippen LogP contribution in [-0.4, -0.2) is 15.6 Å². The molecule has 0 aliphatic rings. The zero-order valence-electron chi connectivity index (χ0n) is 11.2. The van der Waals surface area contributed by atoms with E-state index < -0.39 is 0 Å². The SMILES string of the molecule is O=C(Cc1ccc(Br)cc1)c1cnn(-c2ccccc2)c1. The van der Waals surface area contributed by atoms with Crippen LogP contribution < -0.4 is 0 Å². The minimum atomic E-state index is 0.0690. The second-order valence-corrected chi connectivity index (χ2v) is 5.65. The van der Waals surface area contributed by atoms with Gasteiger partial charge in [-0.05, 0) is 29.8 Å². The lowest BCUT2D eigenvalue weighted by Gasteiger charge is -2.00. The van der Waals surface area contributed by atoms with Crippen LogP contribution >= 0.6 is 15.9 Å². The smallest absolute Gasteiger partial charge is 0.170 e. The third-order valence-corrected chi connectivity index (χ3v) is 3.73. The van der Waals surface area contributed by atoms with Gasteiger partial charge in [0.25, 0.3) is 0 Å². The summed E-state index contributed by atoms with van der Waals surface area (Å²) in [6.07, 6.45) is 3.78. The van der Waals surface area contributed by atoms with E-state index in [2.05, 4.69) is 21.0 Å². The number of Topliss-reactive ketones (excluding diaryl/α,β-unsaturated/α-hetero) is 1. The van der Waals surface area contributed by atoms with Gasteiger partial charge >= 0.3 is 0 Å². The van der Waals surface area contributed by atoms with Crippen molar-refractivity contribution in [3.63, 3.8) is 0 Å². The number of rotatable bonds is 4. The monoisotopic (exact) mass is 340 g/mol. The van der Waals surface area contributed by atoms with E-state index >= 15 is 0 Å². The second-order valence-electron chi connectivity index (χ2n) is 4.74. The molecule has 0 aliphatic heterocycles. The molecule has 2 aromatic carbocycles. The van der Waals surface area contributed by atoms with Crippen LogP contribution in [0.4, 0.5) is 0 Å². The maximum atomic E-state index is 12.3. The summed E-state index contributed by atoms with van der Waals surface area (Å²) in [5.41, 5.74) is 2.57. The van der Waals surface area contributed by atoms with Crippen molar-refractivity contribution in [3.8, 4) is 5.69 Å². The van der Waals surface area contributed by atoms with Crippen molar-refractivity contribution >= 4 is 21.7 Å². The van der Waals surface area contributed by atoms with Gasteiger partial charge in [-0.2, -0.15) is 5.10 Å². The predicted molar refractivity (Wildman–Crippen MR) is 85.7 cm³/mol. The van der Waals surface area contributed by atoms with E-state index in [1.165, 1.54) is 0 Å². The average molecular weight is 341 g/mol. The first-order valence-corrected chi connectivity index (χ1v) is 7.39. The van der Waals surface area contributed by atoms with Crippen LogP contribution in [0.25, 0.3) is 5.69 Å². The number of halogens is 1. The van der Waals surface area contributed by atoms with Gasteiger partial charge in [0.15, 0.2) is 5.78 Å². The fraction of sp³-hybridized carbons (Fsp3) is 0.0588. The fourth-order valence-electron chi connectivity index (χ4n) is 2.08. The summed E-state index contributed by atoms with van der Waals surface area (Å²) in [5, 5.41) is 4.25. The Balaban J connectivity index is 1.77. The zero-order chi connectivity index (χ0) is 14.7. The number of aromatic nitrogens is 2. The summed E-state index contributed by atoms with van der Waals surface area (Å²) in [7, 11) is 0. The van der Waals surface area contributed by atoms with Crippen molar-refractivity contribution < 1.29 is 4.79 Å². The Kier molecular flexibility index (Phi) is 3.97. The van der Waals surface area contributed by atoms with Gasteiger partial charge in [-0.15, -0.1) is 0 Å². The van der Waals surface area contributed by atoms with E-state index in [0.717, 1.165) is 15.7 Å². The van der Waals surface area contributed by atoms with E-state index in [1.54, 1.807) is 17.1 Å². The van der Waals surface area contributed by atoms with Gasteiger partial charge in [0.1, 0.15) is 0 Å². The zero-order valence-corrected chi connectivity index (χ0v) is 12.8. The average Bonchev–Trinajstić information content (AvgIpc) is 3.00. The van der Waals surface area contributed by atoms with E-state index in [1.807, 2.05) is 54.6 Å². The Hall–Kier alpha value is -2.20. The number of carbonyl (C=O) groups is 1. The lowest BCUT2D eigenvalue weighted by atomic mass is 10.1. The number of hydrogen-bond acceptors (Lipinski definition) is 2. The molecule has 3 nitrogen and oxygen atoms in total. The van der Waals surface area contributed by atoms with E-state index in [4.69, 9.17) is 0 Å². The molecular formula is C17H13BrN2O. The molecule has 0 unspecified atom stereocenters. The van der Waals surface area contributed by atoms with E-state index in [0.29, 0.717) is 12.0 Å². The molecule has 0 bridgehead atoms. The number of hydrogen-bond donors (Lipinski definition) is 0. The molecule has 0 fully saturated rings. The molecule has 0 aliphatic carbocycles. The highest BCUT2D eigenvalue weighted by Crippen LogP contribution is 2.14. The van der Waals surface area contributed by atoms with Crippen molar-refractivity contribution in [2.45, 2.75) is 6.42 Å². The minimum absolute atomic E-state index is 0.0690. The molecule has 0 saturated heterocycles. The first kappa shape index (κ1) is 13.8. The Labute approximate surface area is 131 Å². The summed E-state index contributed by atoms with van der Waals surface area (Å²) < 4.78 is 2.73. The molecule has 104 valence electrons. The van der Waals surface area contributed by atoms with Gasteiger partial charge in [0, 0.05) is 17.1 Å². The van der Waals surface area contributed by atoms with Crippen molar-refractivity contribution in [1.29, 1.82) is 0 Å². The Morgan fingerprint density at radius 2 is 1.76 bits per heavy atom. The van der Waals surface area contributed by atoms with Crippen LogP contribution in [0.15, 0.2) is 71.5 Å². The fourth-order valence-corrected chi connectivity index (χ4v) is 2.34. The highest BCUT2D eigenvalue weighted by atomic mass is 79.9. The van der Waals surface area contributed by atoms with Crippen LogP contribution in [0.2, 0.25) is 0 Å². The standard InChI is InChI=1S/C17H13BrN2O/c18-15-8-6-13(7-9-15)10-17(21)14-11-19-20(12-14)16-4-2-1-3-5-16/h1-9,11-12H,10H2. The number of carbonyl (C=O) groups excluding carboxylic acids is 1. The first-order chi connectivity index (χ1) is 10.2. The highest BCUT2D eigenvalue weighted by molar-refractivity contribution is 9.10. The van der Waals surface area contributed by atoms with Gasteiger partial charge in [0.05, 0.1) is 17.4 Å². The maximum absolute atomic E-state index is 12.3. The third kappa shape index (κ3) is 3.28. The van der Waals surface area contributed by atoms with Gasteiger partial charge in [-0.25, -0.2) is 4.68 Å². The second kappa shape index (κ2) is 6.06. The Morgan fingerprint density at radius 3 is 2.48 bits per heavy atom. The lowest BCUT2D eigenvalue weighted by molar-refractivity contribution is 0.0993. The van der Waals surface area contributed by atoms with Crippen LogP contribution in [0, 0.1) is 0 Å². The quantitative estimate of drug-likeness (QED) is 0.671. The molecule has 0 saturated carbocycles. The first-order valence-electron chi connectivity index (χ1n) is 6.60. The van der Waals surface area contributed by atoms with Crippen molar-refractivity contribution in [1.82, 2.24) is 9.78 Å². The lowest BCUT2D eigenvalue weighted by Crippen LogP contribution is -2.02. The van der Waals surface area contributed by atoms with Crippen molar-refractivity contribution in [3.05, 3.63) is 82.6 Å². The largest absolute Gasteiger partial charge is 0.294 e. The number of ketones is 1. The summed E-state index contributed by atoms with van der Waals surface area (Å²) in [6, 6.07) is 17.5. The Bertz CT molecular complexity index is 748. The van der Waals surface area contributed by atoms with Gasteiger partial charge in [-0.1, -0.05) is 46.3 Å². The van der Waals surface area contributed by atoms with Crippen LogP contribution in [0.3, 0.4) is 0 Å². The topological polar surface area (TPSA) is 34.9 Å². The normalized spacial score (nSPS) is 10.5. The number of para-hydroxylation sites is 1. The molecule has 3 aromatic rings. The summed E-state index contributed by atoms with van der Waals surface area (Å²) in [5.74, 6) is 0.0690. The molecule has 1 aromatic heterocycles. The van der Waals surface area contributed by atoms with Crippen LogP contribution in [0.5, 0.6) is 0 Å². The van der Waals surface area contributed by atoms with E-state index in [-0.39, 0.29) is 5.78 Å². The van der Waals surface area contributed by atoms with Gasteiger partial charge < -0.3 is 0 Å². The van der Waals surface area contributed by atoms with Gasteiger partial charge in [0.2, 0.25) is 0 Å².